The van der Waals surface area contributed by atoms with Gasteiger partial charge in [-0.3, -0.25) is 4.99 Å². The minimum atomic E-state index is 0.720. The number of pyridine rings is 1. The summed E-state index contributed by atoms with van der Waals surface area (Å²) in [6.07, 6.45) is 7.21. The van der Waals surface area contributed by atoms with Crippen molar-refractivity contribution in [1.82, 2.24) is 15.6 Å². The number of anilines is 1. The van der Waals surface area contributed by atoms with Crippen LogP contribution in [0.3, 0.4) is 0 Å². The first-order chi connectivity index (χ1) is 12.3. The summed E-state index contributed by atoms with van der Waals surface area (Å²) in [6, 6.07) is 8.49. The average Bonchev–Trinajstić information content (AvgIpc) is 3.03. The smallest absolute Gasteiger partial charge is 0.191 e. The number of thiophene rings is 1. The Bertz CT molecular complexity index is 643. The lowest BCUT2D eigenvalue weighted by Crippen LogP contribution is -2.36. The van der Waals surface area contributed by atoms with E-state index in [2.05, 4.69) is 55.2 Å². The summed E-state index contributed by atoms with van der Waals surface area (Å²) >= 11 is 1.75. The third-order valence-electron chi connectivity index (χ3n) is 4.43. The third kappa shape index (κ3) is 5.46. The predicted molar refractivity (Wildman–Crippen MR) is 106 cm³/mol. The summed E-state index contributed by atoms with van der Waals surface area (Å²) < 4.78 is 0. The van der Waals surface area contributed by atoms with Gasteiger partial charge in [0.05, 0.1) is 6.54 Å². The molecule has 1 aliphatic rings. The van der Waals surface area contributed by atoms with Crippen LogP contribution in [0.1, 0.15) is 36.1 Å². The van der Waals surface area contributed by atoms with Crippen LogP contribution in [0.15, 0.2) is 40.8 Å². The molecule has 1 saturated heterocycles. The van der Waals surface area contributed by atoms with Gasteiger partial charge < -0.3 is 15.5 Å². The highest BCUT2D eigenvalue weighted by atomic mass is 32.1. The molecule has 1 fully saturated rings. The number of guanidine groups is 1. The van der Waals surface area contributed by atoms with E-state index in [1.54, 1.807) is 18.4 Å². The monoisotopic (exact) mass is 357 g/mol. The van der Waals surface area contributed by atoms with Crippen molar-refractivity contribution < 1.29 is 0 Å². The van der Waals surface area contributed by atoms with E-state index in [0.717, 1.165) is 43.5 Å². The normalized spacial score (nSPS) is 15.7. The highest BCUT2D eigenvalue weighted by Crippen LogP contribution is 2.17. The fourth-order valence-corrected chi connectivity index (χ4v) is 3.64. The van der Waals surface area contributed by atoms with Gasteiger partial charge in [-0.2, -0.15) is 0 Å². The van der Waals surface area contributed by atoms with E-state index in [9.17, 15) is 0 Å². The molecule has 25 heavy (non-hydrogen) atoms. The average molecular weight is 358 g/mol. The number of rotatable bonds is 5. The third-order valence-corrected chi connectivity index (χ3v) is 5.31. The molecular formula is C19H27N5S. The van der Waals surface area contributed by atoms with Gasteiger partial charge in [0.1, 0.15) is 5.82 Å². The second-order valence-corrected chi connectivity index (χ2v) is 7.32. The van der Waals surface area contributed by atoms with Crippen LogP contribution in [0.5, 0.6) is 0 Å². The zero-order valence-corrected chi connectivity index (χ0v) is 15.7. The Kier molecular flexibility index (Phi) is 6.68. The summed E-state index contributed by atoms with van der Waals surface area (Å²) in [7, 11) is 1.80. The molecule has 5 nitrogen and oxygen atoms in total. The summed E-state index contributed by atoms with van der Waals surface area (Å²) in [5.41, 5.74) is 1.16. The van der Waals surface area contributed by atoms with Crippen molar-refractivity contribution in [2.75, 3.05) is 25.0 Å². The van der Waals surface area contributed by atoms with Crippen LogP contribution in [0, 0.1) is 0 Å². The molecule has 0 aromatic carbocycles. The van der Waals surface area contributed by atoms with Crippen molar-refractivity contribution in [3.8, 4) is 0 Å². The van der Waals surface area contributed by atoms with Crippen molar-refractivity contribution in [3.63, 3.8) is 0 Å². The Hall–Kier alpha value is -2.08. The number of aliphatic imine (C=N–C) groups is 1. The highest BCUT2D eigenvalue weighted by Gasteiger charge is 2.10. The highest BCUT2D eigenvalue weighted by molar-refractivity contribution is 7.09. The van der Waals surface area contributed by atoms with Crippen molar-refractivity contribution >= 4 is 23.1 Å². The Morgan fingerprint density at radius 1 is 1.12 bits per heavy atom. The molecule has 134 valence electrons. The minimum absolute atomic E-state index is 0.720. The van der Waals surface area contributed by atoms with Gasteiger partial charge in [-0.15, -0.1) is 11.3 Å². The van der Waals surface area contributed by atoms with E-state index in [4.69, 9.17) is 0 Å². The van der Waals surface area contributed by atoms with Crippen LogP contribution in [-0.2, 0) is 13.1 Å². The lowest BCUT2D eigenvalue weighted by atomic mass is 10.2. The van der Waals surface area contributed by atoms with E-state index in [-0.39, 0.29) is 0 Å². The van der Waals surface area contributed by atoms with Crippen LogP contribution < -0.4 is 15.5 Å². The minimum Gasteiger partial charge on any atom is -0.357 e. The molecule has 3 rings (SSSR count). The van der Waals surface area contributed by atoms with E-state index in [1.165, 1.54) is 30.6 Å². The maximum Gasteiger partial charge on any atom is 0.191 e. The van der Waals surface area contributed by atoms with Crippen molar-refractivity contribution in [2.24, 2.45) is 4.99 Å². The first kappa shape index (κ1) is 17.7. The van der Waals surface area contributed by atoms with Crippen LogP contribution in [0.4, 0.5) is 5.82 Å². The molecule has 0 radical (unpaired) electrons. The molecule has 0 unspecified atom stereocenters. The fraction of sp³-hybridized carbons (Fsp3) is 0.474. The molecule has 3 heterocycles. The maximum absolute atomic E-state index is 4.66. The lowest BCUT2D eigenvalue weighted by molar-refractivity contribution is 0.726. The number of hydrogen-bond acceptors (Lipinski definition) is 4. The molecule has 2 aromatic heterocycles. The number of hydrogen-bond donors (Lipinski definition) is 2. The number of aromatic nitrogens is 1. The second-order valence-electron chi connectivity index (χ2n) is 6.28. The topological polar surface area (TPSA) is 52.6 Å². The van der Waals surface area contributed by atoms with E-state index in [1.807, 2.05) is 6.20 Å². The summed E-state index contributed by atoms with van der Waals surface area (Å²) in [5.74, 6) is 1.91. The van der Waals surface area contributed by atoms with Crippen LogP contribution in [0.25, 0.3) is 0 Å². The summed E-state index contributed by atoms with van der Waals surface area (Å²) in [6.45, 7) is 3.77. The van der Waals surface area contributed by atoms with Crippen molar-refractivity contribution in [1.29, 1.82) is 0 Å². The van der Waals surface area contributed by atoms with E-state index < -0.39 is 0 Å². The molecule has 0 amide bonds. The molecule has 2 aromatic rings. The van der Waals surface area contributed by atoms with E-state index in [0.29, 0.717) is 0 Å². The van der Waals surface area contributed by atoms with Gasteiger partial charge in [-0.25, -0.2) is 4.98 Å². The first-order valence-electron chi connectivity index (χ1n) is 9.02. The second kappa shape index (κ2) is 9.42. The number of nitrogens with one attached hydrogen (secondary N) is 2. The standard InChI is InChI=1S/C19H27N5S/c1-20-19(23-15-17-7-6-12-25-17)22-14-16-8-9-18(21-13-16)24-10-4-2-3-5-11-24/h6-9,12-13H,2-5,10-11,14-15H2,1H3,(H2,20,22,23). The molecule has 6 heteroatoms. The maximum atomic E-state index is 4.66. The van der Waals surface area contributed by atoms with Crippen LogP contribution in [0.2, 0.25) is 0 Å². The molecule has 0 saturated carbocycles. The molecule has 2 N–H and O–H groups in total. The Morgan fingerprint density at radius 2 is 1.92 bits per heavy atom. The molecule has 0 bridgehead atoms. The van der Waals surface area contributed by atoms with Gasteiger partial charge in [-0.1, -0.05) is 25.0 Å². The molecular weight excluding hydrogens is 330 g/mol. The zero-order valence-electron chi connectivity index (χ0n) is 14.9. The lowest BCUT2D eigenvalue weighted by Gasteiger charge is -2.21. The molecule has 0 spiro atoms. The molecule has 0 aliphatic carbocycles. The van der Waals surface area contributed by atoms with Gasteiger partial charge >= 0.3 is 0 Å². The first-order valence-corrected chi connectivity index (χ1v) is 9.90. The number of nitrogens with zero attached hydrogens (tertiary/aromatic N) is 3. The van der Waals surface area contributed by atoms with Gasteiger partial charge in [-0.05, 0) is 35.9 Å². The fourth-order valence-electron chi connectivity index (χ4n) is 3.00. The van der Waals surface area contributed by atoms with E-state index >= 15 is 0 Å². The largest absolute Gasteiger partial charge is 0.357 e. The Balaban J connectivity index is 1.48. The summed E-state index contributed by atoms with van der Waals surface area (Å²) in [5, 5.41) is 8.77. The molecule has 0 atom stereocenters. The van der Waals surface area contributed by atoms with Gasteiger partial charge in [0, 0.05) is 37.8 Å². The Morgan fingerprint density at radius 3 is 2.56 bits per heavy atom. The quantitative estimate of drug-likeness (QED) is 0.636. The van der Waals surface area contributed by atoms with Gasteiger partial charge in [0.15, 0.2) is 5.96 Å². The van der Waals surface area contributed by atoms with Gasteiger partial charge in [0.25, 0.3) is 0 Å². The van der Waals surface area contributed by atoms with Crippen molar-refractivity contribution in [3.05, 3.63) is 46.3 Å². The van der Waals surface area contributed by atoms with Crippen molar-refractivity contribution in [2.45, 2.75) is 38.8 Å². The van der Waals surface area contributed by atoms with Gasteiger partial charge in [0.2, 0.25) is 0 Å². The van der Waals surface area contributed by atoms with Crippen LogP contribution in [-0.4, -0.2) is 31.1 Å². The summed E-state index contributed by atoms with van der Waals surface area (Å²) in [4.78, 5) is 12.6. The SMILES string of the molecule is CN=C(NCc1ccc(N2CCCCCC2)nc1)NCc1cccs1. The molecule has 1 aliphatic heterocycles. The predicted octanol–water partition coefficient (Wildman–Crippen LogP) is 3.39. The zero-order chi connectivity index (χ0) is 17.3. The Labute approximate surface area is 154 Å². The van der Waals surface area contributed by atoms with Crippen LogP contribution >= 0.6 is 11.3 Å².